The van der Waals surface area contributed by atoms with Crippen molar-refractivity contribution in [3.63, 3.8) is 0 Å². The van der Waals surface area contributed by atoms with E-state index < -0.39 is 0 Å². The fourth-order valence-electron chi connectivity index (χ4n) is 2.74. The molecule has 4 rings (SSSR count). The number of nitrogens with one attached hydrogen (secondary N) is 1. The Bertz CT molecular complexity index is 981. The third kappa shape index (κ3) is 2.62. The monoisotopic (exact) mass is 330 g/mol. The Morgan fingerprint density at radius 3 is 2.40 bits per heavy atom. The van der Waals surface area contributed by atoms with Crippen molar-refractivity contribution < 1.29 is 9.47 Å². The van der Waals surface area contributed by atoms with Crippen LogP contribution in [0.1, 0.15) is 5.56 Å². The Morgan fingerprint density at radius 2 is 1.68 bits per heavy atom. The average molecular weight is 330 g/mol. The minimum Gasteiger partial charge on any atom is -0.454 e. The molecule has 0 radical (unpaired) electrons. The number of fused-ring (bicyclic) bond motifs is 1. The lowest BCUT2D eigenvalue weighted by molar-refractivity contribution is 0.174. The summed E-state index contributed by atoms with van der Waals surface area (Å²) < 4.78 is 10.8. The van der Waals surface area contributed by atoms with Crippen LogP contribution in [0.5, 0.6) is 11.5 Å². The molecule has 1 aliphatic rings. The highest BCUT2D eigenvalue weighted by Gasteiger charge is 2.20. The first kappa shape index (κ1) is 15.0. The fourth-order valence-corrected chi connectivity index (χ4v) is 2.74. The molecule has 0 fully saturated rings. The van der Waals surface area contributed by atoms with E-state index in [0.717, 1.165) is 11.1 Å². The molecule has 0 bridgehead atoms. The summed E-state index contributed by atoms with van der Waals surface area (Å²) in [5.41, 5.74) is 3.20. The van der Waals surface area contributed by atoms with Crippen molar-refractivity contribution in [2.75, 3.05) is 19.2 Å². The molecule has 0 aliphatic carbocycles. The molecule has 1 N–H and O–H groups in total. The van der Waals surface area contributed by atoms with Crippen LogP contribution in [0.3, 0.4) is 0 Å². The molecule has 1 aliphatic heterocycles. The number of rotatable bonds is 3. The maximum atomic E-state index is 9.77. The Hall–Kier alpha value is -3.59. The van der Waals surface area contributed by atoms with E-state index in [1.165, 1.54) is 0 Å². The second kappa shape index (κ2) is 6.13. The minimum atomic E-state index is 0.199. The molecule has 0 saturated carbocycles. The summed E-state index contributed by atoms with van der Waals surface area (Å²) in [6.07, 6.45) is 0. The summed E-state index contributed by atoms with van der Waals surface area (Å²) >= 11 is 0. The zero-order chi connectivity index (χ0) is 17.2. The second-order valence-electron chi connectivity index (χ2n) is 5.42. The van der Waals surface area contributed by atoms with Gasteiger partial charge in [-0.05, 0) is 18.2 Å². The van der Waals surface area contributed by atoms with Crippen molar-refractivity contribution in [2.45, 2.75) is 0 Å². The van der Waals surface area contributed by atoms with Crippen LogP contribution < -0.4 is 14.8 Å². The lowest BCUT2D eigenvalue weighted by Crippen LogP contribution is -2.03. The SMILES string of the molecule is CNc1nc(-c2ccccc2)c(C#N)c(-c2ccc3c(c2)OCO3)n1. The third-order valence-corrected chi connectivity index (χ3v) is 3.94. The van der Waals surface area contributed by atoms with Crippen molar-refractivity contribution >= 4 is 5.95 Å². The van der Waals surface area contributed by atoms with Gasteiger partial charge >= 0.3 is 0 Å². The first-order valence-electron chi connectivity index (χ1n) is 7.75. The van der Waals surface area contributed by atoms with E-state index in [9.17, 15) is 5.26 Å². The van der Waals surface area contributed by atoms with Gasteiger partial charge in [0.15, 0.2) is 11.5 Å². The lowest BCUT2D eigenvalue weighted by Gasteiger charge is -2.11. The predicted molar refractivity (Wildman–Crippen MR) is 93.3 cm³/mol. The number of nitriles is 1. The van der Waals surface area contributed by atoms with E-state index in [0.29, 0.717) is 34.4 Å². The van der Waals surface area contributed by atoms with Crippen LogP contribution in [0.25, 0.3) is 22.5 Å². The molecular formula is C19H14N4O2. The van der Waals surface area contributed by atoms with Crippen LogP contribution >= 0.6 is 0 Å². The van der Waals surface area contributed by atoms with Gasteiger partial charge in [0.25, 0.3) is 0 Å². The first-order valence-corrected chi connectivity index (χ1v) is 7.75. The van der Waals surface area contributed by atoms with Gasteiger partial charge in [-0.2, -0.15) is 5.26 Å². The van der Waals surface area contributed by atoms with Gasteiger partial charge in [0.1, 0.15) is 11.6 Å². The molecule has 0 amide bonds. The van der Waals surface area contributed by atoms with Gasteiger partial charge in [0, 0.05) is 18.2 Å². The Balaban J connectivity index is 1.95. The minimum absolute atomic E-state index is 0.199. The zero-order valence-corrected chi connectivity index (χ0v) is 13.5. The molecule has 0 saturated heterocycles. The van der Waals surface area contributed by atoms with E-state index >= 15 is 0 Å². The van der Waals surface area contributed by atoms with Gasteiger partial charge in [0.05, 0.1) is 11.4 Å². The highest BCUT2D eigenvalue weighted by molar-refractivity contribution is 5.79. The standard InChI is InChI=1S/C19H14N4O2/c1-21-19-22-17(12-5-3-2-4-6-12)14(10-20)18(23-19)13-7-8-15-16(9-13)25-11-24-15/h2-9H,11H2,1H3,(H,21,22,23). The molecule has 0 spiro atoms. The number of benzene rings is 2. The zero-order valence-electron chi connectivity index (χ0n) is 13.5. The van der Waals surface area contributed by atoms with Crippen LogP contribution in [0.15, 0.2) is 48.5 Å². The molecule has 0 unspecified atom stereocenters. The molecule has 2 aromatic carbocycles. The molecule has 6 nitrogen and oxygen atoms in total. The van der Waals surface area contributed by atoms with E-state index in [-0.39, 0.29) is 6.79 Å². The van der Waals surface area contributed by atoms with Gasteiger partial charge in [0.2, 0.25) is 12.7 Å². The summed E-state index contributed by atoms with van der Waals surface area (Å²) in [5, 5.41) is 12.7. The summed E-state index contributed by atoms with van der Waals surface area (Å²) in [7, 11) is 1.75. The molecule has 6 heteroatoms. The number of ether oxygens (including phenoxy) is 2. The molecule has 3 aromatic rings. The molecule has 122 valence electrons. The molecule has 1 aromatic heterocycles. The largest absolute Gasteiger partial charge is 0.454 e. The summed E-state index contributed by atoms with van der Waals surface area (Å²) in [6.45, 7) is 0.199. The summed E-state index contributed by atoms with van der Waals surface area (Å²) in [6, 6.07) is 17.4. The van der Waals surface area contributed by atoms with Crippen LogP contribution in [0.2, 0.25) is 0 Å². The molecule has 25 heavy (non-hydrogen) atoms. The van der Waals surface area contributed by atoms with Gasteiger partial charge in [-0.25, -0.2) is 9.97 Å². The topological polar surface area (TPSA) is 80.1 Å². The Morgan fingerprint density at radius 1 is 0.960 bits per heavy atom. The number of hydrogen-bond acceptors (Lipinski definition) is 6. The van der Waals surface area contributed by atoms with E-state index in [1.807, 2.05) is 48.5 Å². The molecular weight excluding hydrogens is 316 g/mol. The number of aromatic nitrogens is 2. The van der Waals surface area contributed by atoms with Crippen LogP contribution in [0, 0.1) is 11.3 Å². The molecule has 2 heterocycles. The van der Waals surface area contributed by atoms with Crippen LogP contribution in [-0.4, -0.2) is 23.8 Å². The highest BCUT2D eigenvalue weighted by atomic mass is 16.7. The van der Waals surface area contributed by atoms with Gasteiger partial charge in [-0.3, -0.25) is 0 Å². The maximum absolute atomic E-state index is 9.77. The quantitative estimate of drug-likeness (QED) is 0.792. The van der Waals surface area contributed by atoms with E-state index in [4.69, 9.17) is 9.47 Å². The number of anilines is 1. The van der Waals surface area contributed by atoms with Crippen LogP contribution in [0.4, 0.5) is 5.95 Å². The predicted octanol–water partition coefficient (Wildman–Crippen LogP) is 3.45. The van der Waals surface area contributed by atoms with Gasteiger partial charge in [-0.1, -0.05) is 30.3 Å². The highest BCUT2D eigenvalue weighted by Crippen LogP contribution is 2.37. The van der Waals surface area contributed by atoms with Crippen molar-refractivity contribution in [3.8, 4) is 40.1 Å². The third-order valence-electron chi connectivity index (χ3n) is 3.94. The fraction of sp³-hybridized carbons (Fsp3) is 0.105. The lowest BCUT2D eigenvalue weighted by atomic mass is 10.0. The second-order valence-corrected chi connectivity index (χ2v) is 5.42. The van der Waals surface area contributed by atoms with Gasteiger partial charge < -0.3 is 14.8 Å². The van der Waals surface area contributed by atoms with Crippen molar-refractivity contribution in [1.29, 1.82) is 5.26 Å². The summed E-state index contributed by atoms with van der Waals surface area (Å²) in [4.78, 5) is 8.99. The van der Waals surface area contributed by atoms with E-state index in [2.05, 4.69) is 21.4 Å². The van der Waals surface area contributed by atoms with Gasteiger partial charge in [-0.15, -0.1) is 0 Å². The van der Waals surface area contributed by atoms with Crippen LogP contribution in [-0.2, 0) is 0 Å². The van der Waals surface area contributed by atoms with Crippen molar-refractivity contribution in [2.24, 2.45) is 0 Å². The van der Waals surface area contributed by atoms with Crippen molar-refractivity contribution in [3.05, 3.63) is 54.1 Å². The Kier molecular flexibility index (Phi) is 3.67. The van der Waals surface area contributed by atoms with Crippen molar-refractivity contribution in [1.82, 2.24) is 9.97 Å². The number of nitrogens with zero attached hydrogens (tertiary/aromatic N) is 3. The van der Waals surface area contributed by atoms with E-state index in [1.54, 1.807) is 7.05 Å². The average Bonchev–Trinajstić information content (AvgIpc) is 3.15. The molecule has 0 atom stereocenters. The smallest absolute Gasteiger partial charge is 0.231 e. The Labute approximate surface area is 144 Å². The summed E-state index contributed by atoms with van der Waals surface area (Å²) in [5.74, 6) is 1.78. The normalized spacial score (nSPS) is 11.8. The first-order chi connectivity index (χ1) is 12.3. The number of hydrogen-bond donors (Lipinski definition) is 1. The maximum Gasteiger partial charge on any atom is 0.231 e.